The van der Waals surface area contributed by atoms with Crippen molar-refractivity contribution in [3.05, 3.63) is 27.7 Å². The Labute approximate surface area is 106 Å². The molecule has 17 heavy (non-hydrogen) atoms. The van der Waals surface area contributed by atoms with Gasteiger partial charge < -0.3 is 15.2 Å². The zero-order valence-electron chi connectivity index (χ0n) is 8.57. The van der Waals surface area contributed by atoms with Crippen LogP contribution in [0.2, 0.25) is 0 Å². The molecule has 0 unspecified atom stereocenters. The summed E-state index contributed by atoms with van der Waals surface area (Å²) in [6.07, 6.45) is 1.40. The Morgan fingerprint density at radius 2 is 2.12 bits per heavy atom. The van der Waals surface area contributed by atoms with Gasteiger partial charge in [-0.15, -0.1) is 0 Å². The van der Waals surface area contributed by atoms with Crippen molar-refractivity contribution in [3.8, 4) is 17.6 Å². The number of benzene rings is 1. The molecule has 0 saturated heterocycles. The van der Waals surface area contributed by atoms with E-state index in [9.17, 15) is 4.79 Å². The zero-order valence-corrected chi connectivity index (χ0v) is 10.2. The summed E-state index contributed by atoms with van der Waals surface area (Å²) in [5.41, 5.74) is 5.57. The van der Waals surface area contributed by atoms with Crippen molar-refractivity contribution in [2.75, 3.05) is 6.79 Å². The van der Waals surface area contributed by atoms with Gasteiger partial charge in [-0.1, -0.05) is 15.9 Å². The minimum atomic E-state index is -0.767. The van der Waals surface area contributed by atoms with Crippen molar-refractivity contribution >= 4 is 27.9 Å². The van der Waals surface area contributed by atoms with Crippen molar-refractivity contribution in [2.24, 2.45) is 5.73 Å². The molecule has 2 rings (SSSR count). The summed E-state index contributed by atoms with van der Waals surface area (Å²) in [5, 5.41) is 8.75. The maximum absolute atomic E-state index is 10.9. The first-order chi connectivity index (χ1) is 8.11. The standard InChI is InChI=1S/C11H7BrN2O3/c12-8-3-10-9(16-5-17-10)2-6(8)1-7(4-13)11(14)15/h1-3H,5H2,(H2,14,15)/b7-1+. The highest BCUT2D eigenvalue weighted by Crippen LogP contribution is 2.37. The smallest absolute Gasteiger partial charge is 0.259 e. The lowest BCUT2D eigenvalue weighted by atomic mass is 10.1. The number of primary amides is 1. The molecule has 0 aromatic heterocycles. The van der Waals surface area contributed by atoms with Gasteiger partial charge in [0, 0.05) is 4.47 Å². The number of nitriles is 1. The Morgan fingerprint density at radius 1 is 1.47 bits per heavy atom. The molecule has 0 fully saturated rings. The zero-order chi connectivity index (χ0) is 12.4. The number of rotatable bonds is 2. The number of nitrogens with zero attached hydrogens (tertiary/aromatic N) is 1. The highest BCUT2D eigenvalue weighted by atomic mass is 79.9. The van der Waals surface area contributed by atoms with Gasteiger partial charge in [0.2, 0.25) is 6.79 Å². The summed E-state index contributed by atoms with van der Waals surface area (Å²) in [5.74, 6) is 0.421. The van der Waals surface area contributed by atoms with Crippen LogP contribution in [0.3, 0.4) is 0 Å². The van der Waals surface area contributed by atoms with Crippen molar-refractivity contribution in [3.63, 3.8) is 0 Å². The molecule has 5 nitrogen and oxygen atoms in total. The molecule has 0 saturated carbocycles. The second-order valence-electron chi connectivity index (χ2n) is 3.26. The molecule has 0 bridgehead atoms. The fourth-order valence-corrected chi connectivity index (χ4v) is 1.79. The molecule has 0 atom stereocenters. The van der Waals surface area contributed by atoms with Gasteiger partial charge in [0.05, 0.1) is 0 Å². The number of ether oxygens (including phenoxy) is 2. The van der Waals surface area contributed by atoms with Gasteiger partial charge in [-0.2, -0.15) is 5.26 Å². The van der Waals surface area contributed by atoms with E-state index in [0.29, 0.717) is 21.5 Å². The molecule has 1 amide bonds. The van der Waals surface area contributed by atoms with E-state index in [0.717, 1.165) is 0 Å². The van der Waals surface area contributed by atoms with Gasteiger partial charge in [0.25, 0.3) is 5.91 Å². The normalized spacial score (nSPS) is 13.3. The van der Waals surface area contributed by atoms with E-state index in [-0.39, 0.29) is 12.4 Å². The molecule has 0 aliphatic carbocycles. The predicted octanol–water partition coefficient (Wildman–Crippen LogP) is 1.57. The highest BCUT2D eigenvalue weighted by molar-refractivity contribution is 9.10. The number of fused-ring (bicyclic) bond motifs is 1. The second kappa shape index (κ2) is 4.47. The average molecular weight is 295 g/mol. The van der Waals surface area contributed by atoms with Crippen LogP contribution in [0, 0.1) is 11.3 Å². The van der Waals surface area contributed by atoms with Crippen LogP contribution < -0.4 is 15.2 Å². The molecule has 1 aliphatic rings. The van der Waals surface area contributed by atoms with Crippen LogP contribution in [0.5, 0.6) is 11.5 Å². The van der Waals surface area contributed by atoms with Crippen molar-refractivity contribution in [1.82, 2.24) is 0 Å². The fraction of sp³-hybridized carbons (Fsp3) is 0.0909. The number of amides is 1. The summed E-state index contributed by atoms with van der Waals surface area (Å²) in [6.45, 7) is 0.163. The van der Waals surface area contributed by atoms with E-state index in [4.69, 9.17) is 20.5 Å². The molecule has 86 valence electrons. The molecular weight excluding hydrogens is 288 g/mol. The van der Waals surface area contributed by atoms with Crippen LogP contribution in [0.4, 0.5) is 0 Å². The molecule has 0 spiro atoms. The summed E-state index contributed by atoms with van der Waals surface area (Å²) in [6, 6.07) is 5.12. The minimum absolute atomic E-state index is 0.121. The van der Waals surface area contributed by atoms with Crippen LogP contribution in [-0.4, -0.2) is 12.7 Å². The first kappa shape index (κ1) is 11.5. The largest absolute Gasteiger partial charge is 0.454 e. The van der Waals surface area contributed by atoms with Crippen LogP contribution in [-0.2, 0) is 4.79 Å². The molecule has 1 aliphatic heterocycles. The Hall–Kier alpha value is -2.00. The molecule has 1 aromatic rings. The van der Waals surface area contributed by atoms with Gasteiger partial charge >= 0.3 is 0 Å². The van der Waals surface area contributed by atoms with E-state index >= 15 is 0 Å². The fourth-order valence-electron chi connectivity index (χ4n) is 1.36. The van der Waals surface area contributed by atoms with Crippen LogP contribution in [0.15, 0.2) is 22.2 Å². The third-order valence-corrected chi connectivity index (χ3v) is 2.86. The van der Waals surface area contributed by atoms with Crippen molar-refractivity contribution < 1.29 is 14.3 Å². The number of hydrogen-bond donors (Lipinski definition) is 1. The Morgan fingerprint density at radius 3 is 2.71 bits per heavy atom. The number of carbonyl (C=O) groups excluding carboxylic acids is 1. The maximum Gasteiger partial charge on any atom is 0.259 e. The molecule has 1 heterocycles. The van der Waals surface area contributed by atoms with Gasteiger partial charge in [-0.05, 0) is 23.8 Å². The second-order valence-corrected chi connectivity index (χ2v) is 4.12. The molecule has 2 N–H and O–H groups in total. The summed E-state index contributed by atoms with van der Waals surface area (Å²) in [4.78, 5) is 10.9. The van der Waals surface area contributed by atoms with Crippen LogP contribution >= 0.6 is 15.9 Å². The lowest BCUT2D eigenvalue weighted by molar-refractivity contribution is -0.114. The molecule has 1 aromatic carbocycles. The first-order valence-electron chi connectivity index (χ1n) is 4.62. The van der Waals surface area contributed by atoms with Crippen molar-refractivity contribution in [1.29, 1.82) is 5.26 Å². The van der Waals surface area contributed by atoms with E-state index in [1.54, 1.807) is 18.2 Å². The van der Waals surface area contributed by atoms with Gasteiger partial charge in [-0.25, -0.2) is 0 Å². The van der Waals surface area contributed by atoms with E-state index < -0.39 is 5.91 Å². The number of hydrogen-bond acceptors (Lipinski definition) is 4. The number of halogens is 1. The topological polar surface area (TPSA) is 85.3 Å². The van der Waals surface area contributed by atoms with Crippen molar-refractivity contribution in [2.45, 2.75) is 0 Å². The maximum atomic E-state index is 10.9. The SMILES string of the molecule is N#C/C(=C\c1cc2c(cc1Br)OCO2)C(N)=O. The lowest BCUT2D eigenvalue weighted by Gasteiger charge is -2.02. The quantitative estimate of drug-likeness (QED) is 0.663. The third-order valence-electron chi connectivity index (χ3n) is 2.18. The van der Waals surface area contributed by atoms with E-state index in [1.807, 2.05) is 0 Å². The monoisotopic (exact) mass is 294 g/mol. The summed E-state index contributed by atoms with van der Waals surface area (Å²) >= 11 is 3.32. The van der Waals surface area contributed by atoms with Gasteiger partial charge in [0.15, 0.2) is 11.5 Å². The molecular formula is C11H7BrN2O3. The van der Waals surface area contributed by atoms with Crippen LogP contribution in [0.25, 0.3) is 6.08 Å². The third kappa shape index (κ3) is 2.24. The predicted molar refractivity (Wildman–Crippen MR) is 63.0 cm³/mol. The van der Waals surface area contributed by atoms with Gasteiger partial charge in [-0.3, -0.25) is 4.79 Å². The Kier molecular flexibility index (Phi) is 3.02. The highest BCUT2D eigenvalue weighted by Gasteiger charge is 2.16. The van der Waals surface area contributed by atoms with E-state index in [2.05, 4.69) is 15.9 Å². The Balaban J connectivity index is 2.47. The molecule has 6 heteroatoms. The number of carbonyl (C=O) groups is 1. The Bertz CT molecular complexity index is 561. The number of nitrogens with two attached hydrogens (primary N) is 1. The summed E-state index contributed by atoms with van der Waals surface area (Å²) < 4.78 is 11.1. The lowest BCUT2D eigenvalue weighted by Crippen LogP contribution is -2.12. The minimum Gasteiger partial charge on any atom is -0.454 e. The summed E-state index contributed by atoms with van der Waals surface area (Å²) in [7, 11) is 0. The average Bonchev–Trinajstić information content (AvgIpc) is 2.72. The first-order valence-corrected chi connectivity index (χ1v) is 5.42. The van der Waals surface area contributed by atoms with Gasteiger partial charge in [0.1, 0.15) is 11.6 Å². The van der Waals surface area contributed by atoms with E-state index in [1.165, 1.54) is 6.08 Å². The van der Waals surface area contributed by atoms with Crippen LogP contribution in [0.1, 0.15) is 5.56 Å². The molecule has 0 radical (unpaired) electrons.